The zero-order chi connectivity index (χ0) is 19.1. The molecule has 2 aromatic rings. The maximum atomic E-state index is 6.05. The van der Waals surface area contributed by atoms with E-state index in [-0.39, 0.29) is 5.60 Å². The van der Waals surface area contributed by atoms with Crippen molar-refractivity contribution in [3.05, 3.63) is 59.4 Å². The normalized spacial score (nSPS) is 26.6. The molecule has 1 aromatic heterocycles. The molecule has 0 spiro atoms. The summed E-state index contributed by atoms with van der Waals surface area (Å²) < 4.78 is 6.05. The fourth-order valence-corrected chi connectivity index (χ4v) is 5.34. The molecular formula is C24H31N3O. The van der Waals surface area contributed by atoms with E-state index in [2.05, 4.69) is 52.9 Å². The standard InChI is InChI=1S/C24H31N3O/c1-24(2)11-21-10-18(6-8-23(21)28-24)15-27-16-20-5-7-22(27)17-26(14-20)13-19-4-3-9-25-12-19/h3-4,6,8-10,12,20,22H,5,7,11,13-17H2,1-2H3. The summed E-state index contributed by atoms with van der Waals surface area (Å²) in [6.07, 6.45) is 7.59. The summed E-state index contributed by atoms with van der Waals surface area (Å²) >= 11 is 0. The summed E-state index contributed by atoms with van der Waals surface area (Å²) in [4.78, 5) is 9.68. The summed E-state index contributed by atoms with van der Waals surface area (Å²) in [5.41, 5.74) is 4.08. The van der Waals surface area contributed by atoms with Crippen molar-refractivity contribution in [2.24, 2.45) is 5.92 Å². The average Bonchev–Trinajstić information content (AvgIpc) is 2.78. The minimum Gasteiger partial charge on any atom is -0.487 e. The molecule has 4 heteroatoms. The number of piperidine rings is 1. The van der Waals surface area contributed by atoms with Crippen LogP contribution in [0.5, 0.6) is 5.75 Å². The molecule has 3 fully saturated rings. The molecule has 4 aliphatic rings. The minimum absolute atomic E-state index is 0.0601. The van der Waals surface area contributed by atoms with Crippen LogP contribution in [0.2, 0.25) is 0 Å². The Morgan fingerprint density at radius 2 is 2.00 bits per heavy atom. The Morgan fingerprint density at radius 3 is 2.86 bits per heavy atom. The molecule has 2 bridgehead atoms. The molecule has 2 unspecified atom stereocenters. The topological polar surface area (TPSA) is 28.6 Å². The molecule has 5 heterocycles. The van der Waals surface area contributed by atoms with Gasteiger partial charge in [-0.15, -0.1) is 0 Å². The van der Waals surface area contributed by atoms with Crippen molar-refractivity contribution in [3.63, 3.8) is 0 Å². The van der Waals surface area contributed by atoms with E-state index in [1.54, 1.807) is 0 Å². The van der Waals surface area contributed by atoms with Crippen LogP contribution in [0.4, 0.5) is 0 Å². The fourth-order valence-electron chi connectivity index (χ4n) is 5.34. The Bertz CT molecular complexity index is 835. The predicted octanol–water partition coefficient (Wildman–Crippen LogP) is 3.89. The first-order valence-corrected chi connectivity index (χ1v) is 10.7. The molecule has 28 heavy (non-hydrogen) atoms. The molecule has 0 saturated carbocycles. The van der Waals surface area contributed by atoms with E-state index in [4.69, 9.17) is 4.74 Å². The second kappa shape index (κ2) is 7.16. The lowest BCUT2D eigenvalue weighted by molar-refractivity contribution is 0.123. The molecule has 148 valence electrons. The van der Waals surface area contributed by atoms with Gasteiger partial charge in [-0.3, -0.25) is 14.8 Å². The molecule has 4 aliphatic heterocycles. The van der Waals surface area contributed by atoms with Gasteiger partial charge in [0.15, 0.2) is 0 Å². The fraction of sp³-hybridized carbons (Fsp3) is 0.542. The van der Waals surface area contributed by atoms with Crippen molar-refractivity contribution in [3.8, 4) is 5.75 Å². The Labute approximate surface area is 168 Å². The van der Waals surface area contributed by atoms with Gasteiger partial charge in [-0.25, -0.2) is 0 Å². The molecule has 0 N–H and O–H groups in total. The van der Waals surface area contributed by atoms with Gasteiger partial charge < -0.3 is 4.74 Å². The van der Waals surface area contributed by atoms with Gasteiger partial charge in [0.05, 0.1) is 0 Å². The van der Waals surface area contributed by atoms with Crippen LogP contribution in [0.3, 0.4) is 0 Å². The van der Waals surface area contributed by atoms with Crippen molar-refractivity contribution in [2.45, 2.75) is 57.8 Å². The highest BCUT2D eigenvalue weighted by Crippen LogP contribution is 2.36. The van der Waals surface area contributed by atoms with Crippen LogP contribution in [0.15, 0.2) is 42.7 Å². The molecular weight excluding hydrogens is 346 g/mol. The van der Waals surface area contributed by atoms with E-state index in [0.717, 1.165) is 31.2 Å². The highest BCUT2D eigenvalue weighted by atomic mass is 16.5. The van der Waals surface area contributed by atoms with Crippen LogP contribution in [0, 0.1) is 5.92 Å². The maximum Gasteiger partial charge on any atom is 0.123 e. The molecule has 6 rings (SSSR count). The number of rotatable bonds is 4. The van der Waals surface area contributed by atoms with E-state index in [1.807, 2.05) is 18.5 Å². The van der Waals surface area contributed by atoms with Gasteiger partial charge in [-0.1, -0.05) is 18.2 Å². The van der Waals surface area contributed by atoms with Gasteiger partial charge in [-0.05, 0) is 61.4 Å². The van der Waals surface area contributed by atoms with E-state index in [1.165, 1.54) is 49.2 Å². The van der Waals surface area contributed by atoms with Crippen molar-refractivity contribution in [1.29, 1.82) is 0 Å². The minimum atomic E-state index is -0.0601. The highest BCUT2D eigenvalue weighted by Gasteiger charge is 2.35. The number of pyridine rings is 1. The van der Waals surface area contributed by atoms with E-state index >= 15 is 0 Å². The van der Waals surface area contributed by atoms with Crippen LogP contribution in [-0.2, 0) is 19.5 Å². The highest BCUT2D eigenvalue weighted by molar-refractivity contribution is 5.41. The third-order valence-electron chi connectivity index (χ3n) is 6.54. The van der Waals surface area contributed by atoms with Crippen molar-refractivity contribution in [2.75, 3.05) is 19.6 Å². The summed E-state index contributed by atoms with van der Waals surface area (Å²) in [5, 5.41) is 0. The van der Waals surface area contributed by atoms with Crippen molar-refractivity contribution in [1.82, 2.24) is 14.8 Å². The third kappa shape index (κ3) is 3.81. The summed E-state index contributed by atoms with van der Waals surface area (Å²) in [5.74, 6) is 1.86. The predicted molar refractivity (Wildman–Crippen MR) is 111 cm³/mol. The van der Waals surface area contributed by atoms with Crippen LogP contribution >= 0.6 is 0 Å². The molecule has 4 nitrogen and oxygen atoms in total. The van der Waals surface area contributed by atoms with Gasteiger partial charge in [0.1, 0.15) is 11.4 Å². The average molecular weight is 378 g/mol. The van der Waals surface area contributed by atoms with Gasteiger partial charge in [0, 0.05) is 57.6 Å². The number of ether oxygens (including phenoxy) is 1. The first kappa shape index (κ1) is 18.1. The Kier molecular flexibility index (Phi) is 4.64. The number of benzene rings is 1. The van der Waals surface area contributed by atoms with Gasteiger partial charge in [-0.2, -0.15) is 0 Å². The Balaban J connectivity index is 1.27. The van der Waals surface area contributed by atoms with Gasteiger partial charge in [0.2, 0.25) is 0 Å². The molecule has 2 atom stereocenters. The van der Waals surface area contributed by atoms with Crippen molar-refractivity contribution >= 4 is 0 Å². The lowest BCUT2D eigenvalue weighted by Gasteiger charge is -2.36. The van der Waals surface area contributed by atoms with Crippen LogP contribution in [0.25, 0.3) is 0 Å². The summed E-state index contributed by atoms with van der Waals surface area (Å²) in [6, 6.07) is 11.8. The molecule has 0 amide bonds. The van der Waals surface area contributed by atoms with Gasteiger partial charge >= 0.3 is 0 Å². The smallest absolute Gasteiger partial charge is 0.123 e. The molecule has 0 aliphatic carbocycles. The third-order valence-corrected chi connectivity index (χ3v) is 6.54. The largest absolute Gasteiger partial charge is 0.487 e. The second-order valence-corrected chi connectivity index (χ2v) is 9.56. The first-order valence-electron chi connectivity index (χ1n) is 10.7. The molecule has 0 radical (unpaired) electrons. The first-order chi connectivity index (χ1) is 13.5. The quantitative estimate of drug-likeness (QED) is 0.808. The maximum absolute atomic E-state index is 6.05. The zero-order valence-electron chi connectivity index (χ0n) is 17.1. The number of fused-ring (bicyclic) bond motifs is 5. The summed E-state index contributed by atoms with van der Waals surface area (Å²) in [7, 11) is 0. The van der Waals surface area contributed by atoms with Gasteiger partial charge in [0.25, 0.3) is 0 Å². The van der Waals surface area contributed by atoms with Crippen LogP contribution in [-0.4, -0.2) is 46.1 Å². The van der Waals surface area contributed by atoms with Crippen LogP contribution < -0.4 is 4.74 Å². The van der Waals surface area contributed by atoms with E-state index < -0.39 is 0 Å². The van der Waals surface area contributed by atoms with Crippen LogP contribution in [0.1, 0.15) is 43.4 Å². The monoisotopic (exact) mass is 377 g/mol. The number of hydrogen-bond donors (Lipinski definition) is 0. The van der Waals surface area contributed by atoms with E-state index in [0.29, 0.717) is 6.04 Å². The lowest BCUT2D eigenvalue weighted by Crippen LogP contribution is -2.43. The van der Waals surface area contributed by atoms with Crippen molar-refractivity contribution < 1.29 is 4.74 Å². The SMILES string of the molecule is CC1(C)Cc2cc(CN3CC4CCC3CN(Cc3cccnc3)C4)ccc2O1. The molecule has 1 aromatic carbocycles. The zero-order valence-corrected chi connectivity index (χ0v) is 17.1. The second-order valence-electron chi connectivity index (χ2n) is 9.56. The number of aromatic nitrogens is 1. The Morgan fingerprint density at radius 1 is 1.07 bits per heavy atom. The lowest BCUT2D eigenvalue weighted by atomic mass is 9.94. The number of hydrogen-bond acceptors (Lipinski definition) is 4. The molecule has 3 saturated heterocycles. The number of nitrogens with zero attached hydrogens (tertiary/aromatic N) is 3. The van der Waals surface area contributed by atoms with E-state index in [9.17, 15) is 0 Å². The Hall–Kier alpha value is -1.91. The summed E-state index contributed by atoms with van der Waals surface area (Å²) in [6.45, 7) is 10.1.